The lowest BCUT2D eigenvalue weighted by atomic mass is 9.76. The van der Waals surface area contributed by atoms with Crippen LogP contribution in [-0.2, 0) is 42.1 Å². The highest BCUT2D eigenvalue weighted by molar-refractivity contribution is 7.52. The predicted molar refractivity (Wildman–Crippen MR) is 245 cm³/mol. The Morgan fingerprint density at radius 1 is 0.689 bits per heavy atom. The van der Waals surface area contributed by atoms with E-state index in [-0.39, 0.29) is 6.54 Å². The van der Waals surface area contributed by atoms with E-state index in [1.807, 2.05) is 91.0 Å². The number of hydroxylamine groups is 1. The Hall–Kier alpha value is -3.67. The molecular weight excluding hydrogens is 790 g/mol. The normalized spacial score (nSPS) is 13.0. The van der Waals surface area contributed by atoms with Gasteiger partial charge in [-0.1, -0.05) is 194 Å². The lowest BCUT2D eigenvalue weighted by Gasteiger charge is -2.46. The third kappa shape index (κ3) is 15.3. The number of hydrogen-bond donors (Lipinski definition) is 2. The largest absolute Gasteiger partial charge is 0.381 e. The minimum absolute atomic E-state index is 0.122. The van der Waals surface area contributed by atoms with E-state index in [2.05, 4.69) is 11.9 Å². The number of benzene rings is 3. The molecule has 0 amide bonds. The van der Waals surface area contributed by atoms with Gasteiger partial charge >= 0.3 is 13.3 Å². The van der Waals surface area contributed by atoms with E-state index < -0.39 is 31.0 Å². The number of methoxy groups -OCH3 is 1. The van der Waals surface area contributed by atoms with Crippen molar-refractivity contribution in [3.8, 4) is 0 Å². The maximum atomic E-state index is 14.0. The van der Waals surface area contributed by atoms with E-state index in [9.17, 15) is 19.1 Å². The monoisotopic (exact) mass is 862 g/mol. The first-order valence-electron chi connectivity index (χ1n) is 22.6. The first kappa shape index (κ1) is 50.0. The van der Waals surface area contributed by atoms with Crippen molar-refractivity contribution in [2.75, 3.05) is 32.5 Å². The minimum Gasteiger partial charge on any atom is -0.381 e. The zero-order valence-electron chi connectivity index (χ0n) is 37.2. The molecule has 1 aromatic heterocycles. The Bertz CT molecular complexity index is 1780. The molecule has 2 atom stereocenters. The molecule has 1 unspecified atom stereocenters. The average molecular weight is 862 g/mol. The Balaban J connectivity index is 1.51. The molecule has 4 aromatic rings. The maximum absolute atomic E-state index is 14.0. The van der Waals surface area contributed by atoms with Crippen molar-refractivity contribution in [2.24, 2.45) is 0 Å². The van der Waals surface area contributed by atoms with Crippen molar-refractivity contribution in [3.63, 3.8) is 0 Å². The van der Waals surface area contributed by atoms with E-state index in [1.54, 1.807) is 25.3 Å². The van der Waals surface area contributed by atoms with Gasteiger partial charge in [0.2, 0.25) is 0 Å². The van der Waals surface area contributed by atoms with Crippen LogP contribution in [-0.4, -0.2) is 58.9 Å². The van der Waals surface area contributed by atoms with Gasteiger partial charge in [-0.3, -0.25) is 14.0 Å². The Morgan fingerprint density at radius 3 is 1.54 bits per heavy atom. The molecule has 1 heterocycles. The summed E-state index contributed by atoms with van der Waals surface area (Å²) in [6.07, 6.45) is 22.0. The summed E-state index contributed by atoms with van der Waals surface area (Å²) in [6, 6.07) is 28.1. The molecule has 0 spiro atoms. The second-order valence-electron chi connectivity index (χ2n) is 16.0. The van der Waals surface area contributed by atoms with Gasteiger partial charge in [-0.25, -0.2) is 14.8 Å². The van der Waals surface area contributed by atoms with Crippen molar-refractivity contribution in [1.29, 1.82) is 0 Å². The summed E-state index contributed by atoms with van der Waals surface area (Å²) < 4.78 is 30.6. The molecule has 12 heteroatoms. The van der Waals surface area contributed by atoms with Crippen LogP contribution in [0.5, 0.6) is 0 Å². The molecule has 336 valence electrons. The number of rotatable bonds is 32. The van der Waals surface area contributed by atoms with Gasteiger partial charge in [-0.15, -0.1) is 0 Å². The average Bonchev–Trinajstić information content (AvgIpc) is 3.27. The quantitative estimate of drug-likeness (QED) is 0.0161. The van der Waals surface area contributed by atoms with Crippen LogP contribution in [0, 0.1) is 0 Å². The molecule has 4 rings (SSSR count). The van der Waals surface area contributed by atoms with E-state index in [0.717, 1.165) is 36.6 Å². The Kier molecular flexibility index (Phi) is 22.5. The molecule has 0 aliphatic carbocycles. The zero-order chi connectivity index (χ0) is 43.8. The molecule has 0 saturated carbocycles. The summed E-state index contributed by atoms with van der Waals surface area (Å²) in [7, 11) is -2.04. The molecule has 0 aliphatic rings. The molecule has 61 heavy (non-hydrogen) atoms. The lowest BCUT2D eigenvalue weighted by Crippen LogP contribution is -2.51. The molecular formula is C49H72N3O8P. The van der Waals surface area contributed by atoms with Gasteiger partial charge in [0.05, 0.1) is 26.4 Å². The number of anilines is 1. The third-order valence-corrected chi connectivity index (χ3v) is 12.2. The third-order valence-electron chi connectivity index (χ3n) is 11.3. The minimum atomic E-state index is -4.78. The molecule has 0 saturated heterocycles. The van der Waals surface area contributed by atoms with Crippen LogP contribution < -0.4 is 10.8 Å². The number of nitrogens with zero attached hydrogens (tertiary/aromatic N) is 3. The number of aromatic nitrogens is 2. The highest BCUT2D eigenvalue weighted by Crippen LogP contribution is 2.46. The van der Waals surface area contributed by atoms with Crippen molar-refractivity contribution in [3.05, 3.63) is 130 Å². The first-order valence-corrected chi connectivity index (χ1v) is 24.3. The molecule has 11 nitrogen and oxygen atoms in total. The summed E-state index contributed by atoms with van der Waals surface area (Å²) >= 11 is 0. The fourth-order valence-corrected chi connectivity index (χ4v) is 8.83. The van der Waals surface area contributed by atoms with Gasteiger partial charge < -0.3 is 24.0 Å². The lowest BCUT2D eigenvalue weighted by molar-refractivity contribution is -0.114. The molecule has 2 N–H and O–H groups in total. The number of unbranched alkanes of at least 4 members (excludes halogenated alkanes) is 15. The fourth-order valence-electron chi connectivity index (χ4n) is 8.18. The van der Waals surface area contributed by atoms with Crippen LogP contribution in [0.4, 0.5) is 5.82 Å². The topological polar surface area (TPSA) is 133 Å². The second kappa shape index (κ2) is 27.4. The van der Waals surface area contributed by atoms with E-state index in [0.29, 0.717) is 31.0 Å². The zero-order valence-corrected chi connectivity index (χ0v) is 38.1. The summed E-state index contributed by atoms with van der Waals surface area (Å²) in [5.74, 6) is 0.408. The molecule has 0 fully saturated rings. The van der Waals surface area contributed by atoms with Gasteiger partial charge in [0.25, 0.3) is 6.03 Å². The fraction of sp³-hybridized carbons (Fsp3) is 0.551. The van der Waals surface area contributed by atoms with Crippen molar-refractivity contribution in [1.82, 2.24) is 9.55 Å². The predicted octanol–water partition coefficient (Wildman–Crippen LogP) is 10.9. The van der Waals surface area contributed by atoms with Crippen molar-refractivity contribution >= 4 is 13.4 Å². The van der Waals surface area contributed by atoms with Crippen LogP contribution >= 0.6 is 7.60 Å². The van der Waals surface area contributed by atoms with Crippen LogP contribution in [0.3, 0.4) is 0 Å². The van der Waals surface area contributed by atoms with Crippen LogP contribution in [0.25, 0.3) is 0 Å². The van der Waals surface area contributed by atoms with Gasteiger partial charge in [0.1, 0.15) is 11.4 Å². The van der Waals surface area contributed by atoms with Gasteiger partial charge in [0.15, 0.2) is 0 Å². The molecule has 0 bridgehead atoms. The van der Waals surface area contributed by atoms with Crippen LogP contribution in [0.2, 0.25) is 0 Å². The highest BCUT2D eigenvalue weighted by Gasteiger charge is 2.45. The summed E-state index contributed by atoms with van der Waals surface area (Å²) in [6.45, 7) is 4.79. The smallest absolute Gasteiger partial charge is 0.381 e. The van der Waals surface area contributed by atoms with Crippen LogP contribution in [0.15, 0.2) is 102 Å². The van der Waals surface area contributed by atoms with Crippen molar-refractivity contribution < 1.29 is 33.4 Å². The molecule has 3 aromatic carbocycles. The SMILES string of the molecule is CCCCCCCCCCCCCCCCCCOCCc1cnc(=O)n(CC(C)O[C@H](OC)P(=O)(O)O)c1N(OC)C(c1ccccc1)(c1ccccc1)c1ccccc1. The Labute approximate surface area is 364 Å². The maximum Gasteiger partial charge on any atom is 0.381 e. The van der Waals surface area contributed by atoms with E-state index in [1.165, 1.54) is 94.5 Å². The van der Waals surface area contributed by atoms with Gasteiger partial charge in [-0.05, 0) is 30.0 Å². The van der Waals surface area contributed by atoms with E-state index >= 15 is 0 Å². The summed E-state index contributed by atoms with van der Waals surface area (Å²) in [4.78, 5) is 44.5. The van der Waals surface area contributed by atoms with E-state index in [4.69, 9.17) is 19.0 Å². The Morgan fingerprint density at radius 2 is 1.13 bits per heavy atom. The number of ether oxygens (including phenoxy) is 3. The van der Waals surface area contributed by atoms with Crippen molar-refractivity contribution in [2.45, 2.75) is 147 Å². The highest BCUT2D eigenvalue weighted by atomic mass is 31.2. The first-order chi connectivity index (χ1) is 29.7. The summed E-state index contributed by atoms with van der Waals surface area (Å²) in [5, 5.41) is 1.75. The second-order valence-corrected chi connectivity index (χ2v) is 17.6. The van der Waals surface area contributed by atoms with Gasteiger partial charge in [-0.2, -0.15) is 0 Å². The standard InChI is InChI=1S/C49H72N3O8P/c1-5-6-7-8-9-10-11-12-13-14-15-16-17-18-19-29-37-59-38-36-42-39-50-47(53)51(40-41(2)60-48(57-3)61(54,55)56)46(42)52(58-4)49(43-30-23-20-24-31-43,44-32-25-21-26-33-44)45-34-27-22-28-35-45/h20-28,30-35,39,41,48H,5-19,29,36-38,40H2,1-4H3,(H2,54,55,56)/t41?,48-/m0/s1. The molecule has 0 aliphatic heterocycles. The van der Waals surface area contributed by atoms with Crippen LogP contribution in [0.1, 0.15) is 139 Å². The molecule has 0 radical (unpaired) electrons. The number of hydrogen-bond acceptors (Lipinski definition) is 8. The van der Waals surface area contributed by atoms with Gasteiger partial charge in [0, 0.05) is 31.9 Å². The summed E-state index contributed by atoms with van der Waals surface area (Å²) in [5.41, 5.74) is 1.59.